The largest absolute Gasteiger partial charge is 0.382 e. The molecule has 3 aromatic heterocycles. The van der Waals surface area contributed by atoms with Crippen molar-refractivity contribution in [3.63, 3.8) is 0 Å². The van der Waals surface area contributed by atoms with Gasteiger partial charge in [0.05, 0.1) is 6.04 Å². The van der Waals surface area contributed by atoms with Crippen molar-refractivity contribution in [1.29, 1.82) is 0 Å². The van der Waals surface area contributed by atoms with Crippen LogP contribution in [0.1, 0.15) is 55.8 Å². The Labute approximate surface area is 198 Å². The van der Waals surface area contributed by atoms with Crippen molar-refractivity contribution in [1.82, 2.24) is 24.3 Å². The quantitative estimate of drug-likeness (QED) is 0.468. The minimum atomic E-state index is -0.214. The number of nitrogen functional groups attached to an aromatic ring is 1. The van der Waals surface area contributed by atoms with Gasteiger partial charge in [0.2, 0.25) is 0 Å². The highest BCUT2D eigenvalue weighted by molar-refractivity contribution is 6.04. The average molecular weight is 456 g/mol. The first-order chi connectivity index (χ1) is 16.3. The van der Waals surface area contributed by atoms with Gasteiger partial charge in [0.15, 0.2) is 0 Å². The average Bonchev–Trinajstić information content (AvgIpc) is 3.45. The Hall–Kier alpha value is -3.78. The Morgan fingerprint density at radius 1 is 1.09 bits per heavy atom. The number of amides is 1. The molecule has 1 aliphatic heterocycles. The number of hydrogen-bond acceptors (Lipinski definition) is 6. The summed E-state index contributed by atoms with van der Waals surface area (Å²) >= 11 is 0. The number of pyridine rings is 1. The third kappa shape index (κ3) is 4.01. The van der Waals surface area contributed by atoms with Crippen LogP contribution in [-0.2, 0) is 0 Å². The van der Waals surface area contributed by atoms with Crippen molar-refractivity contribution >= 4 is 23.1 Å². The standard InChI is InChI=1S/C26H29N7O/c1-26(2,3)33-15-6-7-19(33)24-31-21(22-23(27)29-14-16-32(22)24)17-9-11-18(12-10-17)25(34)30-20-8-4-5-13-28-20/h4-5,8-14,16,19H,6-7,15H2,1-3H3,(H2,27,29)(H,28,30,34)/t19-/m0/s1. The molecular weight excluding hydrogens is 426 g/mol. The molecule has 34 heavy (non-hydrogen) atoms. The number of fused-ring (bicyclic) bond motifs is 1. The van der Waals surface area contributed by atoms with Gasteiger partial charge in [0.25, 0.3) is 5.91 Å². The lowest BCUT2D eigenvalue weighted by Crippen LogP contribution is -2.41. The molecule has 1 atom stereocenters. The summed E-state index contributed by atoms with van der Waals surface area (Å²) in [6.45, 7) is 7.77. The number of nitrogens with zero attached hydrogens (tertiary/aromatic N) is 5. The van der Waals surface area contributed by atoms with Crippen LogP contribution in [0.2, 0.25) is 0 Å². The predicted octanol–water partition coefficient (Wildman–Crippen LogP) is 4.56. The first kappa shape index (κ1) is 22.0. The number of imidazole rings is 1. The molecule has 4 aromatic rings. The second-order valence-electron chi connectivity index (χ2n) is 9.62. The van der Waals surface area contributed by atoms with Gasteiger partial charge in [-0.15, -0.1) is 0 Å². The zero-order chi connectivity index (χ0) is 23.9. The summed E-state index contributed by atoms with van der Waals surface area (Å²) in [5, 5.41) is 2.81. The third-order valence-electron chi connectivity index (χ3n) is 6.35. The fraction of sp³-hybridized carbons (Fsp3) is 0.308. The summed E-state index contributed by atoms with van der Waals surface area (Å²) in [5.41, 5.74) is 9.37. The number of hydrogen-bond donors (Lipinski definition) is 2. The van der Waals surface area contributed by atoms with E-state index in [-0.39, 0.29) is 17.5 Å². The van der Waals surface area contributed by atoms with Crippen molar-refractivity contribution < 1.29 is 4.79 Å². The van der Waals surface area contributed by atoms with Gasteiger partial charge in [-0.2, -0.15) is 0 Å². The highest BCUT2D eigenvalue weighted by Gasteiger charge is 2.37. The Morgan fingerprint density at radius 3 is 2.59 bits per heavy atom. The lowest BCUT2D eigenvalue weighted by Gasteiger charge is -2.36. The van der Waals surface area contributed by atoms with Gasteiger partial charge < -0.3 is 11.1 Å². The van der Waals surface area contributed by atoms with Gasteiger partial charge >= 0.3 is 0 Å². The molecular formula is C26H29N7O. The Morgan fingerprint density at radius 2 is 1.88 bits per heavy atom. The molecule has 8 nitrogen and oxygen atoms in total. The molecule has 8 heteroatoms. The SMILES string of the molecule is CC(C)(C)N1CCC[C@H]1c1nc(-c2ccc(C(=O)Nc3ccccn3)cc2)c2c(N)nccn12. The van der Waals surface area contributed by atoms with E-state index >= 15 is 0 Å². The lowest BCUT2D eigenvalue weighted by molar-refractivity contribution is 0.102. The summed E-state index contributed by atoms with van der Waals surface area (Å²) in [4.78, 5) is 28.7. The molecule has 1 fully saturated rings. The summed E-state index contributed by atoms with van der Waals surface area (Å²) in [6.07, 6.45) is 7.48. The van der Waals surface area contributed by atoms with Crippen LogP contribution in [0.5, 0.6) is 0 Å². The molecule has 0 saturated carbocycles. The van der Waals surface area contributed by atoms with Crippen LogP contribution in [0.3, 0.4) is 0 Å². The van der Waals surface area contributed by atoms with Gasteiger partial charge in [-0.05, 0) is 64.4 Å². The van der Waals surface area contributed by atoms with E-state index < -0.39 is 0 Å². The van der Waals surface area contributed by atoms with Crippen molar-refractivity contribution in [2.24, 2.45) is 0 Å². The molecule has 0 aliphatic carbocycles. The minimum absolute atomic E-state index is 0.0361. The molecule has 5 rings (SSSR count). The first-order valence-electron chi connectivity index (χ1n) is 11.5. The number of anilines is 2. The molecule has 0 bridgehead atoms. The molecule has 3 N–H and O–H groups in total. The minimum Gasteiger partial charge on any atom is -0.382 e. The van der Waals surface area contributed by atoms with Crippen molar-refractivity contribution in [2.45, 2.75) is 45.2 Å². The fourth-order valence-corrected chi connectivity index (χ4v) is 4.77. The fourth-order valence-electron chi connectivity index (χ4n) is 4.77. The van der Waals surface area contributed by atoms with E-state index in [1.54, 1.807) is 36.7 Å². The molecule has 174 valence electrons. The predicted molar refractivity (Wildman–Crippen MR) is 133 cm³/mol. The maximum absolute atomic E-state index is 12.6. The van der Waals surface area contributed by atoms with Gasteiger partial charge in [0.1, 0.15) is 28.7 Å². The van der Waals surface area contributed by atoms with Crippen molar-refractivity contribution in [2.75, 3.05) is 17.6 Å². The zero-order valence-corrected chi connectivity index (χ0v) is 19.7. The summed E-state index contributed by atoms with van der Waals surface area (Å²) in [5.74, 6) is 1.71. The second-order valence-corrected chi connectivity index (χ2v) is 9.62. The van der Waals surface area contributed by atoms with E-state index in [0.29, 0.717) is 17.2 Å². The number of nitrogens with one attached hydrogen (secondary N) is 1. The van der Waals surface area contributed by atoms with Crippen LogP contribution in [0.25, 0.3) is 16.8 Å². The normalized spacial score (nSPS) is 16.7. The number of likely N-dealkylation sites (tertiary alicyclic amines) is 1. The van der Waals surface area contributed by atoms with Crippen LogP contribution in [0.15, 0.2) is 61.1 Å². The third-order valence-corrected chi connectivity index (χ3v) is 6.35. The van der Waals surface area contributed by atoms with Gasteiger partial charge in [-0.1, -0.05) is 18.2 Å². The number of benzene rings is 1. The molecule has 1 aliphatic rings. The lowest BCUT2D eigenvalue weighted by atomic mass is 10.0. The topological polar surface area (TPSA) is 101 Å². The smallest absolute Gasteiger partial charge is 0.256 e. The number of aromatic nitrogens is 4. The van der Waals surface area contributed by atoms with Crippen molar-refractivity contribution in [3.05, 3.63) is 72.4 Å². The van der Waals surface area contributed by atoms with Crippen LogP contribution in [0, 0.1) is 0 Å². The second kappa shape index (κ2) is 8.53. The molecule has 0 spiro atoms. The van der Waals surface area contributed by atoms with E-state index in [1.165, 1.54) is 0 Å². The maximum atomic E-state index is 12.6. The van der Waals surface area contributed by atoms with Crippen molar-refractivity contribution in [3.8, 4) is 11.3 Å². The van der Waals surface area contributed by atoms with E-state index in [0.717, 1.165) is 42.0 Å². The molecule has 4 heterocycles. The number of carbonyl (C=O) groups excluding carboxylic acids is 1. The maximum Gasteiger partial charge on any atom is 0.256 e. The number of rotatable bonds is 4. The summed E-state index contributed by atoms with van der Waals surface area (Å²) in [7, 11) is 0. The van der Waals surface area contributed by atoms with E-state index in [2.05, 4.69) is 45.4 Å². The van der Waals surface area contributed by atoms with Gasteiger partial charge in [-0.3, -0.25) is 14.1 Å². The number of nitrogens with two attached hydrogens (primary N) is 1. The van der Waals surface area contributed by atoms with Crippen LogP contribution >= 0.6 is 0 Å². The van der Waals surface area contributed by atoms with Crippen LogP contribution < -0.4 is 11.1 Å². The van der Waals surface area contributed by atoms with E-state index in [1.807, 2.05) is 24.4 Å². The molecule has 0 radical (unpaired) electrons. The molecule has 0 unspecified atom stereocenters. The molecule has 1 saturated heterocycles. The summed E-state index contributed by atoms with van der Waals surface area (Å²) in [6, 6.07) is 13.0. The number of carbonyl (C=O) groups is 1. The zero-order valence-electron chi connectivity index (χ0n) is 19.7. The highest BCUT2D eigenvalue weighted by atomic mass is 16.1. The monoisotopic (exact) mass is 455 g/mol. The van der Waals surface area contributed by atoms with Gasteiger partial charge in [-0.25, -0.2) is 15.0 Å². The van der Waals surface area contributed by atoms with E-state index in [4.69, 9.17) is 10.7 Å². The highest BCUT2D eigenvalue weighted by Crippen LogP contribution is 2.39. The van der Waals surface area contributed by atoms with Crippen LogP contribution in [0.4, 0.5) is 11.6 Å². The molecule has 1 amide bonds. The first-order valence-corrected chi connectivity index (χ1v) is 11.5. The molecule has 1 aromatic carbocycles. The Balaban J connectivity index is 1.51. The summed E-state index contributed by atoms with van der Waals surface area (Å²) < 4.78 is 2.08. The Kier molecular flexibility index (Phi) is 5.53. The van der Waals surface area contributed by atoms with Gasteiger partial charge in [0, 0.05) is 35.3 Å². The van der Waals surface area contributed by atoms with Crippen LogP contribution in [-0.4, -0.2) is 42.2 Å². The van der Waals surface area contributed by atoms with E-state index in [9.17, 15) is 4.79 Å². The Bertz CT molecular complexity index is 1320.